The first-order valence-electron chi connectivity index (χ1n) is 9.98. The minimum atomic E-state index is -4.88. The first-order chi connectivity index (χ1) is 15.7. The Bertz CT molecular complexity index is 1230. The Kier molecular flexibility index (Phi) is 7.10. The van der Waals surface area contributed by atoms with Crippen molar-refractivity contribution in [2.45, 2.75) is 24.8 Å². The van der Waals surface area contributed by atoms with Crippen LogP contribution in [0.3, 0.4) is 0 Å². The topological polar surface area (TPSA) is 138 Å². The van der Waals surface area contributed by atoms with Gasteiger partial charge >= 0.3 is 6.18 Å². The number of aromatic amines is 1. The van der Waals surface area contributed by atoms with Crippen LogP contribution >= 0.6 is 0 Å². The van der Waals surface area contributed by atoms with Gasteiger partial charge in [0.1, 0.15) is 45.2 Å². The highest BCUT2D eigenvalue weighted by molar-refractivity contribution is 7.90. The molecule has 2 aromatic rings. The fourth-order valence-electron chi connectivity index (χ4n) is 3.67. The molecule has 1 aliphatic heterocycles. The Hall–Kier alpha value is -2.90. The molecule has 0 bridgehead atoms. The predicted molar refractivity (Wildman–Crippen MR) is 115 cm³/mol. The van der Waals surface area contributed by atoms with Gasteiger partial charge in [-0.2, -0.15) is 13.2 Å². The van der Waals surface area contributed by atoms with Crippen molar-refractivity contribution in [3.8, 4) is 16.9 Å². The Morgan fingerprint density at radius 1 is 1.29 bits per heavy atom. The van der Waals surface area contributed by atoms with Gasteiger partial charge in [0.05, 0.1) is 19.0 Å². The molecule has 34 heavy (non-hydrogen) atoms. The van der Waals surface area contributed by atoms with Crippen LogP contribution in [0.1, 0.15) is 23.0 Å². The molecule has 3 rings (SSSR count). The summed E-state index contributed by atoms with van der Waals surface area (Å²) in [5.41, 5.74) is 0.560. The van der Waals surface area contributed by atoms with Crippen LogP contribution < -0.4 is 16.0 Å². The molecular weight excluding hydrogens is 481 g/mol. The van der Waals surface area contributed by atoms with Crippen LogP contribution in [-0.4, -0.2) is 62.8 Å². The van der Waals surface area contributed by atoms with Crippen LogP contribution in [0.25, 0.3) is 11.1 Å². The maximum Gasteiger partial charge on any atom is 0.431 e. The summed E-state index contributed by atoms with van der Waals surface area (Å²) in [6.07, 6.45) is -4.34. The lowest BCUT2D eigenvalue weighted by molar-refractivity contribution is -0.187. The van der Waals surface area contributed by atoms with E-state index in [4.69, 9.17) is 19.9 Å². The van der Waals surface area contributed by atoms with Gasteiger partial charge in [0.25, 0.3) is 11.5 Å². The minimum Gasteiger partial charge on any atom is -0.491 e. The highest BCUT2D eigenvalue weighted by Crippen LogP contribution is 2.36. The van der Waals surface area contributed by atoms with Crippen LogP contribution in [-0.2, 0) is 25.5 Å². The van der Waals surface area contributed by atoms with E-state index >= 15 is 0 Å². The quantitative estimate of drug-likeness (QED) is 0.586. The van der Waals surface area contributed by atoms with Gasteiger partial charge in [0.2, 0.25) is 0 Å². The van der Waals surface area contributed by atoms with E-state index in [9.17, 15) is 31.2 Å². The molecule has 1 aromatic heterocycles. The number of carbonyl (C=O) groups is 1. The molecule has 1 amide bonds. The summed E-state index contributed by atoms with van der Waals surface area (Å²) in [7, 11) is -3.31. The number of nitrogens with two attached hydrogens (primary N) is 1. The number of alkyl halides is 3. The maximum atomic E-state index is 13.4. The van der Waals surface area contributed by atoms with Gasteiger partial charge in [-0.3, -0.25) is 9.59 Å². The van der Waals surface area contributed by atoms with Crippen molar-refractivity contribution < 1.29 is 40.6 Å². The number of amides is 1. The fraction of sp³-hybridized carbons (Fsp3) is 0.429. The number of halogens is 3. The van der Waals surface area contributed by atoms with E-state index < -0.39 is 56.0 Å². The molecular formula is C21H23F3N2O7S. The third-order valence-electron chi connectivity index (χ3n) is 4.92. The third-order valence-corrected chi connectivity index (χ3v) is 6.06. The average Bonchev–Trinajstić information content (AvgIpc) is 2.70. The van der Waals surface area contributed by atoms with Crippen LogP contribution in [0, 0.1) is 0 Å². The second-order valence-corrected chi connectivity index (χ2v) is 10.4. The molecule has 1 aliphatic rings. The van der Waals surface area contributed by atoms with Gasteiger partial charge in [-0.15, -0.1) is 0 Å². The van der Waals surface area contributed by atoms with Gasteiger partial charge in [-0.05, 0) is 30.7 Å². The number of primary amides is 1. The Balaban J connectivity index is 1.77. The lowest BCUT2D eigenvalue weighted by Gasteiger charge is -2.37. The summed E-state index contributed by atoms with van der Waals surface area (Å²) in [4.78, 5) is 24.9. The molecule has 3 N–H and O–H groups in total. The van der Waals surface area contributed by atoms with Crippen molar-refractivity contribution in [3.05, 3.63) is 51.9 Å². The summed E-state index contributed by atoms with van der Waals surface area (Å²) in [6.45, 7) is 1.92. The van der Waals surface area contributed by atoms with Gasteiger partial charge < -0.3 is 24.9 Å². The molecule has 13 heteroatoms. The van der Waals surface area contributed by atoms with Crippen molar-refractivity contribution in [1.82, 2.24) is 4.98 Å². The highest BCUT2D eigenvalue weighted by Gasteiger charge is 2.38. The lowest BCUT2D eigenvalue weighted by atomic mass is 10.0. The number of pyridine rings is 1. The van der Waals surface area contributed by atoms with Crippen LogP contribution in [0.5, 0.6) is 5.75 Å². The third kappa shape index (κ3) is 6.36. The van der Waals surface area contributed by atoms with Gasteiger partial charge in [0, 0.05) is 11.8 Å². The molecule has 186 valence electrons. The van der Waals surface area contributed by atoms with Gasteiger partial charge in [-0.25, -0.2) is 8.42 Å². The summed E-state index contributed by atoms with van der Waals surface area (Å²) in [5, 5.41) is 0. The fourth-order valence-corrected chi connectivity index (χ4v) is 4.93. The lowest BCUT2D eigenvalue weighted by Crippen LogP contribution is -2.51. The Morgan fingerprint density at radius 2 is 1.94 bits per heavy atom. The SMILES string of the molecule is C[C@]1(CS(C)(=O)=O)COC[C@@H](COc2ccc(-c3cc(C(N)=O)c(=O)[nH]c3C(F)(F)F)cc2)O1. The molecule has 1 fully saturated rings. The van der Waals surface area contributed by atoms with E-state index in [1.54, 1.807) is 11.9 Å². The van der Waals surface area contributed by atoms with Crippen molar-refractivity contribution in [2.24, 2.45) is 5.73 Å². The molecule has 0 saturated carbocycles. The Morgan fingerprint density at radius 3 is 2.50 bits per heavy atom. The molecule has 1 saturated heterocycles. The molecule has 0 aliphatic carbocycles. The normalized spacial score (nSPS) is 21.3. The van der Waals surface area contributed by atoms with Crippen molar-refractivity contribution in [3.63, 3.8) is 0 Å². The van der Waals surface area contributed by atoms with E-state index in [0.29, 0.717) is 5.75 Å². The first-order valence-corrected chi connectivity index (χ1v) is 12.0. The first kappa shape index (κ1) is 25.7. The average molecular weight is 504 g/mol. The van der Waals surface area contributed by atoms with Crippen LogP contribution in [0.4, 0.5) is 13.2 Å². The number of H-pyrrole nitrogens is 1. The predicted octanol–water partition coefficient (Wildman–Crippen LogP) is 1.76. The maximum absolute atomic E-state index is 13.4. The molecule has 0 radical (unpaired) electrons. The number of hydrogen-bond donors (Lipinski definition) is 2. The monoisotopic (exact) mass is 504 g/mol. The van der Waals surface area contributed by atoms with E-state index in [0.717, 1.165) is 12.3 Å². The second-order valence-electron chi connectivity index (χ2n) is 8.27. The second kappa shape index (κ2) is 9.39. The smallest absolute Gasteiger partial charge is 0.431 e. The number of sulfone groups is 1. The van der Waals surface area contributed by atoms with Crippen molar-refractivity contribution >= 4 is 15.7 Å². The number of aromatic nitrogens is 1. The number of benzene rings is 1. The van der Waals surface area contributed by atoms with Crippen LogP contribution in [0.2, 0.25) is 0 Å². The molecule has 2 atom stereocenters. The van der Waals surface area contributed by atoms with Gasteiger partial charge in [0.15, 0.2) is 0 Å². The summed E-state index contributed by atoms with van der Waals surface area (Å²) in [5.74, 6) is -1.08. The zero-order chi connectivity index (χ0) is 25.3. The molecule has 2 heterocycles. The summed E-state index contributed by atoms with van der Waals surface area (Å²) >= 11 is 0. The number of rotatable bonds is 7. The molecule has 0 spiro atoms. The van der Waals surface area contributed by atoms with Crippen molar-refractivity contribution in [1.29, 1.82) is 0 Å². The summed E-state index contributed by atoms with van der Waals surface area (Å²) < 4.78 is 80.5. The van der Waals surface area contributed by atoms with Crippen molar-refractivity contribution in [2.75, 3.05) is 31.8 Å². The van der Waals surface area contributed by atoms with Crippen LogP contribution in [0.15, 0.2) is 35.1 Å². The molecule has 9 nitrogen and oxygen atoms in total. The van der Waals surface area contributed by atoms with E-state index in [1.807, 2.05) is 0 Å². The van der Waals surface area contributed by atoms with E-state index in [1.165, 1.54) is 24.3 Å². The standard InChI is InChI=1S/C21H23F3N2O7S/c1-20(11-34(2,29)30)10-31-8-14(33-20)9-32-13-5-3-12(4-6-13)15-7-16(18(25)27)19(28)26-17(15)21(22,23)24/h3-7,14H,8-11H2,1-2H3,(H2,25,27)(H,26,28)/t14-,20+/m0/s1. The highest BCUT2D eigenvalue weighted by atomic mass is 32.2. The van der Waals surface area contributed by atoms with Gasteiger partial charge in [-0.1, -0.05) is 12.1 Å². The van der Waals surface area contributed by atoms with E-state index in [-0.39, 0.29) is 31.1 Å². The minimum absolute atomic E-state index is 0.0109. The largest absolute Gasteiger partial charge is 0.491 e. The Labute approximate surface area is 192 Å². The number of carbonyl (C=O) groups excluding carboxylic acids is 1. The van der Waals surface area contributed by atoms with E-state index in [2.05, 4.69) is 0 Å². The molecule has 1 aromatic carbocycles. The molecule has 0 unspecified atom stereocenters. The zero-order valence-electron chi connectivity index (χ0n) is 18.3. The number of ether oxygens (including phenoxy) is 3. The zero-order valence-corrected chi connectivity index (χ0v) is 19.1. The summed E-state index contributed by atoms with van der Waals surface area (Å²) in [6, 6.07) is 6.27. The number of hydrogen-bond acceptors (Lipinski definition) is 7. The number of nitrogens with one attached hydrogen (secondary N) is 1.